The highest BCUT2D eigenvalue weighted by Gasteiger charge is 2.43. The Morgan fingerprint density at radius 2 is 1.53 bits per heavy atom. The highest BCUT2D eigenvalue weighted by Crippen LogP contribution is 2.55. The highest BCUT2D eigenvalue weighted by atomic mass is 31.2. The Bertz CT molecular complexity index is 313. The lowest BCUT2D eigenvalue weighted by Crippen LogP contribution is -2.36. The highest BCUT2D eigenvalue weighted by molar-refractivity contribution is 7.57. The molecule has 0 rings (SSSR count). The number of amidine groups is 1. The Labute approximate surface area is 102 Å². The molecule has 0 saturated carbocycles. The Morgan fingerprint density at radius 3 is 1.71 bits per heavy atom. The van der Waals surface area contributed by atoms with Gasteiger partial charge in [-0.1, -0.05) is 0 Å². The fourth-order valence-electron chi connectivity index (χ4n) is 1.35. The molecule has 0 heterocycles. The Kier molecular flexibility index (Phi) is 6.02. The minimum absolute atomic E-state index is 0.388. The van der Waals surface area contributed by atoms with Crippen molar-refractivity contribution < 1.29 is 18.4 Å². The number of nitrogens with one attached hydrogen (secondary N) is 1. The first-order valence-corrected chi connectivity index (χ1v) is 7.02. The minimum Gasteiger partial charge on any atom is -0.387 e. The van der Waals surface area contributed by atoms with E-state index in [0.29, 0.717) is 0 Å². The fraction of sp³-hybridized carbons (Fsp3) is 0.800. The largest absolute Gasteiger partial charge is 0.387 e. The van der Waals surface area contributed by atoms with Gasteiger partial charge in [0, 0.05) is 0 Å². The summed E-state index contributed by atoms with van der Waals surface area (Å²) in [4.78, 5) is 11.4. The average molecular weight is 264 g/mol. The number of Topliss-reactive ketones (excluding diaryl/α,β-unsaturated/α-hetero) is 1. The third kappa shape index (κ3) is 4.98. The molecule has 0 fully saturated rings. The zero-order valence-corrected chi connectivity index (χ0v) is 11.8. The molecule has 0 aliphatic rings. The fourth-order valence-corrected chi connectivity index (χ4v) is 3.60. The Morgan fingerprint density at radius 1 is 1.18 bits per heavy atom. The topological polar surface area (TPSA) is 102 Å². The number of hydrogen-bond donors (Lipinski definition) is 2. The average Bonchev–Trinajstić information content (AvgIpc) is 1.95. The molecule has 0 bridgehead atoms. The van der Waals surface area contributed by atoms with Crippen LogP contribution < -0.4 is 5.73 Å². The Balaban J connectivity index is 5.33. The zero-order valence-electron chi connectivity index (χ0n) is 10.9. The molecule has 1 atom stereocenters. The van der Waals surface area contributed by atoms with E-state index in [1.807, 2.05) is 0 Å². The summed E-state index contributed by atoms with van der Waals surface area (Å²) in [5, 5.41) is 7.35. The van der Waals surface area contributed by atoms with Gasteiger partial charge in [-0.25, -0.2) is 0 Å². The molecule has 0 aliphatic carbocycles. The van der Waals surface area contributed by atoms with Crippen molar-refractivity contribution in [1.29, 1.82) is 5.41 Å². The van der Waals surface area contributed by atoms with E-state index in [9.17, 15) is 9.36 Å². The van der Waals surface area contributed by atoms with Crippen molar-refractivity contribution in [2.24, 2.45) is 5.73 Å². The van der Waals surface area contributed by atoms with Crippen LogP contribution in [0.1, 0.15) is 34.6 Å². The summed E-state index contributed by atoms with van der Waals surface area (Å²) in [5.41, 5.74) is 3.98. The van der Waals surface area contributed by atoms with E-state index in [4.69, 9.17) is 20.2 Å². The normalized spacial score (nSPS) is 14.1. The molecule has 7 heteroatoms. The van der Waals surface area contributed by atoms with Crippen LogP contribution in [0.25, 0.3) is 0 Å². The lowest BCUT2D eigenvalue weighted by Gasteiger charge is -2.27. The molecule has 0 radical (unpaired) electrons. The molecular weight excluding hydrogens is 243 g/mol. The van der Waals surface area contributed by atoms with Crippen molar-refractivity contribution in [3.63, 3.8) is 0 Å². The van der Waals surface area contributed by atoms with E-state index in [1.54, 1.807) is 27.7 Å². The molecular formula is C10H21N2O4P. The summed E-state index contributed by atoms with van der Waals surface area (Å²) in [7, 11) is -3.75. The summed E-state index contributed by atoms with van der Waals surface area (Å²) in [6, 6.07) is 0. The van der Waals surface area contributed by atoms with Crippen molar-refractivity contribution in [3.8, 4) is 0 Å². The third-order valence-corrected chi connectivity index (χ3v) is 4.42. The standard InChI is InChI=1S/C10H21N2O4P/c1-6(2)15-17(14,16-7(3)4)9(8(5)13)10(11)12/h6-7,9H,1-5H3,(H3,11,12). The molecule has 0 saturated heterocycles. The number of carbonyl (C=O) groups excluding carboxylic acids is 1. The quantitative estimate of drug-likeness (QED) is 0.415. The van der Waals surface area contributed by atoms with E-state index < -0.39 is 24.9 Å². The van der Waals surface area contributed by atoms with Crippen LogP contribution in [0.15, 0.2) is 0 Å². The van der Waals surface area contributed by atoms with Crippen LogP contribution in [0.2, 0.25) is 0 Å². The Hall–Kier alpha value is -0.710. The SMILES string of the molecule is CC(=O)C(C(=N)N)P(=O)(OC(C)C)OC(C)C. The van der Waals surface area contributed by atoms with Gasteiger partial charge in [0.2, 0.25) is 0 Å². The number of nitrogens with two attached hydrogens (primary N) is 1. The lowest BCUT2D eigenvalue weighted by atomic mass is 10.3. The van der Waals surface area contributed by atoms with Crippen LogP contribution in [0.3, 0.4) is 0 Å². The van der Waals surface area contributed by atoms with Gasteiger partial charge in [0.05, 0.1) is 12.2 Å². The van der Waals surface area contributed by atoms with Crippen molar-refractivity contribution in [3.05, 3.63) is 0 Å². The van der Waals surface area contributed by atoms with Crippen LogP contribution in [-0.2, 0) is 18.4 Å². The van der Waals surface area contributed by atoms with Gasteiger partial charge >= 0.3 is 7.60 Å². The van der Waals surface area contributed by atoms with Crippen molar-refractivity contribution in [2.75, 3.05) is 0 Å². The molecule has 0 aromatic carbocycles. The summed E-state index contributed by atoms with van der Waals surface area (Å²) in [6.45, 7) is 7.91. The van der Waals surface area contributed by atoms with E-state index in [2.05, 4.69) is 0 Å². The van der Waals surface area contributed by atoms with Crippen molar-refractivity contribution in [2.45, 2.75) is 52.5 Å². The second kappa shape index (κ2) is 6.28. The number of carbonyl (C=O) groups is 1. The van der Waals surface area contributed by atoms with Gasteiger partial charge in [0.15, 0.2) is 11.4 Å². The van der Waals surface area contributed by atoms with Crippen molar-refractivity contribution >= 4 is 19.2 Å². The van der Waals surface area contributed by atoms with Gasteiger partial charge in [-0.2, -0.15) is 0 Å². The summed E-state index contributed by atoms with van der Waals surface area (Å²) >= 11 is 0. The van der Waals surface area contributed by atoms with Crippen LogP contribution in [0.5, 0.6) is 0 Å². The van der Waals surface area contributed by atoms with Gasteiger partial charge in [-0.3, -0.25) is 14.8 Å². The van der Waals surface area contributed by atoms with E-state index in [1.165, 1.54) is 6.92 Å². The van der Waals surface area contributed by atoms with Crippen LogP contribution in [0, 0.1) is 5.41 Å². The maximum Gasteiger partial charge on any atom is 0.349 e. The van der Waals surface area contributed by atoms with Crippen molar-refractivity contribution in [1.82, 2.24) is 0 Å². The molecule has 0 amide bonds. The zero-order chi connectivity index (χ0) is 13.8. The first-order valence-electron chi connectivity index (χ1n) is 5.41. The van der Waals surface area contributed by atoms with E-state index in [-0.39, 0.29) is 12.2 Å². The summed E-state index contributed by atoms with van der Waals surface area (Å²) < 4.78 is 23.0. The molecule has 1 unspecified atom stereocenters. The number of hydrogen-bond acceptors (Lipinski definition) is 5. The minimum atomic E-state index is -3.75. The molecule has 0 aromatic rings. The second-order valence-corrected chi connectivity index (χ2v) is 6.33. The maximum absolute atomic E-state index is 12.5. The number of rotatable bonds is 7. The third-order valence-electron chi connectivity index (χ3n) is 1.71. The molecule has 17 heavy (non-hydrogen) atoms. The van der Waals surface area contributed by atoms with E-state index in [0.717, 1.165) is 0 Å². The monoisotopic (exact) mass is 264 g/mol. The first kappa shape index (κ1) is 16.3. The van der Waals surface area contributed by atoms with Crippen LogP contribution >= 0.6 is 7.60 Å². The van der Waals surface area contributed by atoms with Crippen LogP contribution in [0.4, 0.5) is 0 Å². The lowest BCUT2D eigenvalue weighted by molar-refractivity contribution is -0.116. The molecule has 0 spiro atoms. The second-order valence-electron chi connectivity index (χ2n) is 4.32. The molecule has 3 N–H and O–H groups in total. The summed E-state index contributed by atoms with van der Waals surface area (Å²) in [6.07, 6.45) is -0.776. The molecule has 100 valence electrons. The number of ketones is 1. The molecule has 0 aliphatic heterocycles. The van der Waals surface area contributed by atoms with Crippen LogP contribution in [-0.4, -0.2) is 29.5 Å². The molecule has 6 nitrogen and oxygen atoms in total. The predicted octanol–water partition coefficient (Wildman–Crippen LogP) is 1.92. The van der Waals surface area contributed by atoms with Gasteiger partial charge in [-0.15, -0.1) is 0 Å². The predicted molar refractivity (Wildman–Crippen MR) is 66.4 cm³/mol. The first-order chi connectivity index (χ1) is 7.60. The molecule has 0 aromatic heterocycles. The van der Waals surface area contributed by atoms with E-state index >= 15 is 0 Å². The van der Waals surface area contributed by atoms with Gasteiger partial charge in [-0.05, 0) is 34.6 Å². The van der Waals surface area contributed by atoms with Gasteiger partial charge in [0.1, 0.15) is 5.84 Å². The summed E-state index contributed by atoms with van der Waals surface area (Å²) in [5.74, 6) is -0.996. The smallest absolute Gasteiger partial charge is 0.349 e. The maximum atomic E-state index is 12.5. The van der Waals surface area contributed by atoms with Gasteiger partial charge in [0.25, 0.3) is 0 Å². The van der Waals surface area contributed by atoms with Gasteiger partial charge < -0.3 is 14.8 Å².